The molecular formula is C6H7F3O2S. The Hall–Kier alpha value is -0.650. The Labute approximate surface area is 72.5 Å². The van der Waals surface area contributed by atoms with Crippen LogP contribution in [0.15, 0.2) is 10.5 Å². The van der Waals surface area contributed by atoms with Gasteiger partial charge in [-0.25, -0.2) is 4.79 Å². The first-order valence-electron chi connectivity index (χ1n) is 3.03. The van der Waals surface area contributed by atoms with Crippen molar-refractivity contribution in [3.63, 3.8) is 0 Å². The number of alkyl halides is 3. The molecule has 0 aliphatic carbocycles. The molecule has 1 N–H and O–H groups in total. The molecule has 6 heteroatoms. The molecule has 70 valence electrons. The van der Waals surface area contributed by atoms with E-state index in [1.54, 1.807) is 0 Å². The predicted octanol–water partition coefficient (Wildman–Crippen LogP) is 2.23. The van der Waals surface area contributed by atoms with Gasteiger partial charge in [-0.15, -0.1) is 12.6 Å². The number of allylic oxidation sites excluding steroid dienone is 1. The maximum absolute atomic E-state index is 11.9. The molecule has 0 fully saturated rings. The Morgan fingerprint density at radius 1 is 1.50 bits per heavy atom. The topological polar surface area (TPSA) is 37.3 Å². The molecule has 0 aromatic heterocycles. The number of aliphatic carboxylic acids is 1. The van der Waals surface area contributed by atoms with E-state index in [9.17, 15) is 18.0 Å². The van der Waals surface area contributed by atoms with Crippen molar-refractivity contribution >= 4 is 18.6 Å². The Kier molecular flexibility index (Phi) is 3.63. The van der Waals surface area contributed by atoms with Crippen LogP contribution in [0.2, 0.25) is 0 Å². The summed E-state index contributed by atoms with van der Waals surface area (Å²) < 4.78 is 35.8. The zero-order chi connectivity index (χ0) is 9.94. The molecule has 0 bridgehead atoms. The van der Waals surface area contributed by atoms with Gasteiger partial charge in [0.1, 0.15) is 5.57 Å². The number of carboxylic acid groups (broad SMARTS) is 1. The van der Waals surface area contributed by atoms with Crippen molar-refractivity contribution in [1.82, 2.24) is 0 Å². The Morgan fingerprint density at radius 2 is 1.92 bits per heavy atom. The fraction of sp³-hybridized carbons (Fsp3) is 0.500. The lowest BCUT2D eigenvalue weighted by Gasteiger charge is -2.09. The number of hydrogen-bond donors (Lipinski definition) is 2. The Morgan fingerprint density at radius 3 is 2.00 bits per heavy atom. The lowest BCUT2D eigenvalue weighted by atomic mass is 10.2. The normalized spacial score (nSPS) is 14.1. The number of carboxylic acids is 1. The predicted molar refractivity (Wildman–Crippen MR) is 40.0 cm³/mol. The molecule has 12 heavy (non-hydrogen) atoms. The summed E-state index contributed by atoms with van der Waals surface area (Å²) in [6.45, 7) is 1.40. The summed E-state index contributed by atoms with van der Waals surface area (Å²) in [5.74, 6) is -1.99. The van der Waals surface area contributed by atoms with E-state index in [2.05, 4.69) is 12.6 Å². The quantitative estimate of drug-likeness (QED) is 0.529. The number of thiol groups is 1. The van der Waals surface area contributed by atoms with Gasteiger partial charge in [-0.1, -0.05) is 6.92 Å². The van der Waals surface area contributed by atoms with E-state index >= 15 is 0 Å². The maximum atomic E-state index is 11.9. The number of rotatable bonds is 2. The summed E-state index contributed by atoms with van der Waals surface area (Å²) in [7, 11) is 0. The molecule has 0 aromatic carbocycles. The third-order valence-electron chi connectivity index (χ3n) is 1.12. The zero-order valence-electron chi connectivity index (χ0n) is 6.14. The second-order valence-electron chi connectivity index (χ2n) is 1.98. The highest BCUT2D eigenvalue weighted by Crippen LogP contribution is 2.30. The van der Waals surface area contributed by atoms with Crippen molar-refractivity contribution in [1.29, 1.82) is 0 Å². The maximum Gasteiger partial charge on any atom is 0.424 e. The van der Waals surface area contributed by atoms with Crippen molar-refractivity contribution in [2.24, 2.45) is 0 Å². The summed E-state index contributed by atoms with van der Waals surface area (Å²) in [5.41, 5.74) is -1.59. The van der Waals surface area contributed by atoms with Crippen LogP contribution >= 0.6 is 12.6 Å². The van der Waals surface area contributed by atoms with E-state index in [1.807, 2.05) is 0 Å². The van der Waals surface area contributed by atoms with Crippen molar-refractivity contribution in [3.05, 3.63) is 10.5 Å². The van der Waals surface area contributed by atoms with Gasteiger partial charge >= 0.3 is 12.1 Å². The van der Waals surface area contributed by atoms with E-state index in [-0.39, 0.29) is 6.42 Å². The van der Waals surface area contributed by atoms with E-state index in [4.69, 9.17) is 5.11 Å². The van der Waals surface area contributed by atoms with Gasteiger partial charge in [0.2, 0.25) is 0 Å². The molecule has 0 aliphatic rings. The summed E-state index contributed by atoms with van der Waals surface area (Å²) in [6, 6.07) is 0. The average Bonchev–Trinajstić information content (AvgIpc) is 1.83. The van der Waals surface area contributed by atoms with Crippen LogP contribution in [0, 0.1) is 0 Å². The molecule has 0 radical (unpaired) electrons. The van der Waals surface area contributed by atoms with Crippen LogP contribution in [-0.4, -0.2) is 17.3 Å². The van der Waals surface area contributed by atoms with Crippen LogP contribution in [0.25, 0.3) is 0 Å². The number of halogens is 3. The largest absolute Gasteiger partial charge is 0.478 e. The highest BCUT2D eigenvalue weighted by Gasteiger charge is 2.40. The Bertz CT molecular complexity index is 219. The third-order valence-corrected chi connectivity index (χ3v) is 1.66. The molecule has 0 saturated heterocycles. The average molecular weight is 200 g/mol. The van der Waals surface area contributed by atoms with Gasteiger partial charge in [-0.3, -0.25) is 0 Å². The second kappa shape index (κ2) is 3.84. The first kappa shape index (κ1) is 11.4. The van der Waals surface area contributed by atoms with E-state index in [0.29, 0.717) is 0 Å². The van der Waals surface area contributed by atoms with E-state index in [0.717, 1.165) is 0 Å². The van der Waals surface area contributed by atoms with Crippen LogP contribution in [0.5, 0.6) is 0 Å². The summed E-state index contributed by atoms with van der Waals surface area (Å²) in [6.07, 6.45) is -4.89. The molecule has 0 amide bonds. The van der Waals surface area contributed by atoms with Crippen LogP contribution in [0.1, 0.15) is 13.3 Å². The van der Waals surface area contributed by atoms with Gasteiger partial charge in [0.25, 0.3) is 0 Å². The molecule has 2 nitrogen and oxygen atoms in total. The SMILES string of the molecule is CCC(S)=C(C(=O)O)C(F)(F)F. The molecule has 0 heterocycles. The minimum atomic E-state index is -4.83. The molecule has 0 rings (SSSR count). The molecule has 0 aliphatic heterocycles. The number of hydrogen-bond acceptors (Lipinski definition) is 2. The summed E-state index contributed by atoms with van der Waals surface area (Å²) >= 11 is 3.44. The van der Waals surface area contributed by atoms with Crippen molar-refractivity contribution in [2.45, 2.75) is 19.5 Å². The molecule has 0 aromatic rings. The second-order valence-corrected chi connectivity index (χ2v) is 2.52. The highest BCUT2D eigenvalue weighted by atomic mass is 32.1. The smallest absolute Gasteiger partial charge is 0.424 e. The van der Waals surface area contributed by atoms with Crippen LogP contribution < -0.4 is 0 Å². The molecule has 0 spiro atoms. The van der Waals surface area contributed by atoms with Crippen LogP contribution in [-0.2, 0) is 4.79 Å². The van der Waals surface area contributed by atoms with Crippen LogP contribution in [0.4, 0.5) is 13.2 Å². The molecular weight excluding hydrogens is 193 g/mol. The first-order valence-corrected chi connectivity index (χ1v) is 3.48. The van der Waals surface area contributed by atoms with Gasteiger partial charge in [-0.2, -0.15) is 13.2 Å². The molecule has 0 unspecified atom stereocenters. The third kappa shape index (κ3) is 2.77. The Balaban J connectivity index is 5.07. The van der Waals surface area contributed by atoms with Gasteiger partial charge in [-0.05, 0) is 6.42 Å². The lowest BCUT2D eigenvalue weighted by Crippen LogP contribution is -2.20. The van der Waals surface area contributed by atoms with Gasteiger partial charge < -0.3 is 5.11 Å². The van der Waals surface area contributed by atoms with E-state index < -0.39 is 22.6 Å². The standard InChI is InChI=1S/C6H7F3O2S/c1-2-3(12)4(5(10)11)6(7,8)9/h12H,2H2,1H3,(H,10,11). The van der Waals surface area contributed by atoms with Crippen LogP contribution in [0.3, 0.4) is 0 Å². The molecule has 0 saturated carbocycles. The zero-order valence-corrected chi connectivity index (χ0v) is 7.04. The fourth-order valence-electron chi connectivity index (χ4n) is 0.585. The van der Waals surface area contributed by atoms with Crippen molar-refractivity contribution in [2.75, 3.05) is 0 Å². The molecule has 0 atom stereocenters. The number of carbonyl (C=O) groups is 1. The minimum Gasteiger partial charge on any atom is -0.478 e. The monoisotopic (exact) mass is 200 g/mol. The van der Waals surface area contributed by atoms with Gasteiger partial charge in [0, 0.05) is 4.91 Å². The lowest BCUT2D eigenvalue weighted by molar-refractivity contribution is -0.144. The fourth-order valence-corrected chi connectivity index (χ4v) is 0.807. The van der Waals surface area contributed by atoms with Gasteiger partial charge in [0.15, 0.2) is 0 Å². The van der Waals surface area contributed by atoms with Crippen molar-refractivity contribution < 1.29 is 23.1 Å². The van der Waals surface area contributed by atoms with E-state index in [1.165, 1.54) is 6.92 Å². The first-order chi connectivity index (χ1) is 5.30. The summed E-state index contributed by atoms with van der Waals surface area (Å²) in [4.78, 5) is 9.66. The van der Waals surface area contributed by atoms with Gasteiger partial charge in [0.05, 0.1) is 0 Å². The van der Waals surface area contributed by atoms with Crippen molar-refractivity contribution in [3.8, 4) is 0 Å². The summed E-state index contributed by atoms with van der Waals surface area (Å²) in [5, 5.41) is 8.18. The minimum absolute atomic E-state index is 0.0513. The highest BCUT2D eigenvalue weighted by molar-refractivity contribution is 7.84.